The van der Waals surface area contributed by atoms with E-state index in [-0.39, 0.29) is 86.1 Å². The van der Waals surface area contributed by atoms with E-state index >= 15 is 0 Å². The van der Waals surface area contributed by atoms with Gasteiger partial charge in [0.15, 0.2) is 16.6 Å². The van der Waals surface area contributed by atoms with E-state index in [0.29, 0.717) is 32.5 Å². The molecule has 0 spiro atoms. The molecule has 1 aliphatic heterocycles. The van der Waals surface area contributed by atoms with Gasteiger partial charge in [-0.1, -0.05) is 13.8 Å². The summed E-state index contributed by atoms with van der Waals surface area (Å²) in [4.78, 5) is 96.8. The van der Waals surface area contributed by atoms with E-state index in [2.05, 4.69) is 10.3 Å². The van der Waals surface area contributed by atoms with Crippen LogP contribution in [0, 0.1) is 16.7 Å². The van der Waals surface area contributed by atoms with Gasteiger partial charge in [0.2, 0.25) is 11.8 Å². The molecule has 1 aromatic carbocycles. The predicted molar refractivity (Wildman–Crippen MR) is 187 cm³/mol. The lowest BCUT2D eigenvalue weighted by Gasteiger charge is -2.33. The van der Waals surface area contributed by atoms with Gasteiger partial charge >= 0.3 is 6.09 Å². The summed E-state index contributed by atoms with van der Waals surface area (Å²) in [6, 6.07) is 6.79. The fourth-order valence-electron chi connectivity index (χ4n) is 5.86. The number of carbonyl (C=O) groups is 7. The first-order chi connectivity index (χ1) is 24.0. The van der Waals surface area contributed by atoms with Crippen molar-refractivity contribution in [3.63, 3.8) is 0 Å². The first-order valence-electron chi connectivity index (χ1n) is 16.3. The quantitative estimate of drug-likeness (QED) is 0.224. The third-order valence-electron chi connectivity index (χ3n) is 8.90. The van der Waals surface area contributed by atoms with E-state index in [9.17, 15) is 38.8 Å². The Hall–Kier alpha value is -5.49. The molecule has 1 N–H and O–H groups in total. The van der Waals surface area contributed by atoms with Gasteiger partial charge in [0, 0.05) is 98.5 Å². The number of nitrogens with zero attached hydrogens (tertiary/aromatic N) is 5. The molecule has 0 fully saturated rings. The summed E-state index contributed by atoms with van der Waals surface area (Å²) in [6.45, 7) is 8.70. The number of nitriles is 1. The van der Waals surface area contributed by atoms with Crippen molar-refractivity contribution in [2.75, 3.05) is 39.8 Å². The molecule has 2 aliphatic rings. The number of ketones is 2. The van der Waals surface area contributed by atoms with Crippen LogP contribution < -0.4 is 10.1 Å². The van der Waals surface area contributed by atoms with E-state index in [1.165, 1.54) is 22.0 Å². The molecule has 0 saturated heterocycles. The maximum atomic E-state index is 13.4. The summed E-state index contributed by atoms with van der Waals surface area (Å²) >= 11 is 1.16. The van der Waals surface area contributed by atoms with Crippen molar-refractivity contribution in [1.82, 2.24) is 25.0 Å². The van der Waals surface area contributed by atoms with Crippen molar-refractivity contribution in [2.45, 2.75) is 53.9 Å². The van der Waals surface area contributed by atoms with Crippen LogP contribution in [0.25, 0.3) is 10.2 Å². The molecule has 0 saturated carbocycles. The van der Waals surface area contributed by atoms with E-state index in [4.69, 9.17) is 4.74 Å². The summed E-state index contributed by atoms with van der Waals surface area (Å²) in [5, 5.41) is 12.1. The molecule has 268 valence electrons. The molecule has 0 atom stereocenters. The normalized spacial score (nSPS) is 14.8. The van der Waals surface area contributed by atoms with Gasteiger partial charge in [0.05, 0.1) is 10.2 Å². The van der Waals surface area contributed by atoms with Gasteiger partial charge < -0.3 is 19.9 Å². The van der Waals surface area contributed by atoms with Crippen molar-refractivity contribution < 1.29 is 38.3 Å². The lowest BCUT2D eigenvalue weighted by atomic mass is 9.71. The summed E-state index contributed by atoms with van der Waals surface area (Å²) < 4.78 is 6.31. The molecular formula is C36H40N6O8S. The highest BCUT2D eigenvalue weighted by molar-refractivity contribution is 7.19. The molecule has 4 rings (SSSR count). The van der Waals surface area contributed by atoms with Crippen molar-refractivity contribution in [3.05, 3.63) is 57.7 Å². The Bertz CT molecular complexity index is 1930. The third kappa shape index (κ3) is 9.01. The minimum atomic E-state index is -0.942. The lowest BCUT2D eigenvalue weighted by Crippen LogP contribution is -2.43. The number of aromatic nitrogens is 1. The minimum absolute atomic E-state index is 0.0310. The van der Waals surface area contributed by atoms with Crippen LogP contribution in [0.5, 0.6) is 5.75 Å². The van der Waals surface area contributed by atoms with Crippen LogP contribution in [0.3, 0.4) is 0 Å². The first-order valence-corrected chi connectivity index (χ1v) is 17.2. The van der Waals surface area contributed by atoms with Gasteiger partial charge in [-0.25, -0.2) is 9.78 Å². The third-order valence-corrected chi connectivity index (χ3v) is 9.82. The zero-order valence-corrected chi connectivity index (χ0v) is 30.3. The van der Waals surface area contributed by atoms with Crippen LogP contribution in [-0.2, 0) is 28.8 Å². The first kappa shape index (κ1) is 38.3. The highest BCUT2D eigenvalue weighted by Gasteiger charge is 2.39. The predicted octanol–water partition coefficient (Wildman–Crippen LogP) is 3.47. The van der Waals surface area contributed by atoms with Crippen LogP contribution in [-0.4, -0.2) is 101 Å². The zero-order chi connectivity index (χ0) is 37.6. The van der Waals surface area contributed by atoms with Crippen LogP contribution >= 0.6 is 11.3 Å². The Kier molecular flexibility index (Phi) is 12.0. The highest BCUT2D eigenvalue weighted by Crippen LogP contribution is 2.39. The van der Waals surface area contributed by atoms with Crippen molar-refractivity contribution in [2.24, 2.45) is 5.41 Å². The minimum Gasteiger partial charge on any atom is -0.410 e. The van der Waals surface area contributed by atoms with E-state index in [1.54, 1.807) is 59.9 Å². The number of allylic oxidation sites excluding steroid dienone is 4. The second-order valence-corrected chi connectivity index (χ2v) is 14.0. The number of hydrogen-bond donors (Lipinski definition) is 1. The molecule has 2 heterocycles. The van der Waals surface area contributed by atoms with Gasteiger partial charge in [0.1, 0.15) is 11.8 Å². The molecule has 1 aromatic heterocycles. The molecular weight excluding hydrogens is 676 g/mol. The van der Waals surface area contributed by atoms with Gasteiger partial charge in [-0.15, -0.1) is 11.3 Å². The van der Waals surface area contributed by atoms with Crippen LogP contribution in [0.2, 0.25) is 0 Å². The monoisotopic (exact) mass is 716 g/mol. The molecule has 0 radical (unpaired) electrons. The van der Waals surface area contributed by atoms with Crippen molar-refractivity contribution in [1.29, 1.82) is 5.26 Å². The molecule has 0 bridgehead atoms. The van der Waals surface area contributed by atoms with Crippen molar-refractivity contribution in [3.8, 4) is 11.8 Å². The SMILES string of the molecule is CC1=C(C)C(=O)C(C(C)(C)CC(=O)N(C)CCN(CCCC(=O)NCCN2C(=O)C=CC2=O)C(=O)Oc2ccc3nc(C#N)sc3c2)=C(C)C1=O. The number of amides is 5. The summed E-state index contributed by atoms with van der Waals surface area (Å²) in [6.07, 6.45) is 1.83. The number of carbonyl (C=O) groups excluding carboxylic acids is 7. The number of fused-ring (bicyclic) bond motifs is 1. The maximum Gasteiger partial charge on any atom is 0.415 e. The standard InChI is InChI=1S/C36H40N6O8S/c1-21-22(2)34(48)32(23(3)33(21)47)36(4,5)19-31(46)40(6)16-17-41(14-7-8-27(43)38-13-15-42-29(44)11-12-30(42)45)35(49)50-24-9-10-25-26(18-24)51-28(20-37)39-25/h9-12,18H,7-8,13-17,19H2,1-6H3,(H,38,43). The number of benzene rings is 1. The topological polar surface area (TPSA) is 187 Å². The molecule has 15 heteroatoms. The molecule has 2 aromatic rings. The highest BCUT2D eigenvalue weighted by atomic mass is 32.1. The van der Waals surface area contributed by atoms with Gasteiger partial charge in [-0.3, -0.25) is 33.7 Å². The average Bonchev–Trinajstić information content (AvgIpc) is 3.65. The van der Waals surface area contributed by atoms with E-state index < -0.39 is 23.3 Å². The van der Waals surface area contributed by atoms with Crippen LogP contribution in [0.15, 0.2) is 52.6 Å². The zero-order valence-electron chi connectivity index (χ0n) is 29.5. The maximum absolute atomic E-state index is 13.4. The summed E-state index contributed by atoms with van der Waals surface area (Å²) in [5.41, 5.74) is 1.06. The van der Waals surface area contributed by atoms with Crippen LogP contribution in [0.1, 0.15) is 58.9 Å². The molecule has 51 heavy (non-hydrogen) atoms. The second kappa shape index (κ2) is 16.0. The Balaban J connectivity index is 1.39. The number of likely N-dealkylation sites (N-methyl/N-ethyl adjacent to an activating group) is 1. The number of nitrogens with one attached hydrogen (secondary N) is 1. The number of ether oxygens (including phenoxy) is 1. The average molecular weight is 717 g/mol. The van der Waals surface area contributed by atoms with Crippen LogP contribution in [0.4, 0.5) is 4.79 Å². The Morgan fingerprint density at radius 3 is 2.31 bits per heavy atom. The van der Waals surface area contributed by atoms with Gasteiger partial charge in [-0.2, -0.15) is 5.26 Å². The second-order valence-electron chi connectivity index (χ2n) is 13.0. The van der Waals surface area contributed by atoms with Gasteiger partial charge in [-0.05, 0) is 39.3 Å². The molecule has 1 aliphatic carbocycles. The van der Waals surface area contributed by atoms with Gasteiger partial charge in [0.25, 0.3) is 11.8 Å². The Labute approximate surface area is 299 Å². The number of thiazole rings is 1. The van der Waals surface area contributed by atoms with Crippen molar-refractivity contribution >= 4 is 62.8 Å². The molecule has 0 unspecified atom stereocenters. The summed E-state index contributed by atoms with van der Waals surface area (Å²) in [7, 11) is 1.58. The lowest BCUT2D eigenvalue weighted by molar-refractivity contribution is -0.137. The summed E-state index contributed by atoms with van der Waals surface area (Å²) in [5.74, 6) is -1.76. The van der Waals surface area contributed by atoms with E-state index in [0.717, 1.165) is 16.2 Å². The fourth-order valence-corrected chi connectivity index (χ4v) is 6.65. The Morgan fingerprint density at radius 1 is 0.980 bits per heavy atom. The number of rotatable bonds is 14. The fraction of sp³-hybridized carbons (Fsp3) is 0.417. The Morgan fingerprint density at radius 2 is 1.65 bits per heavy atom. The number of imide groups is 1. The number of hydrogen-bond acceptors (Lipinski definition) is 11. The number of Topliss-reactive ketones (excluding diaryl/α,β-unsaturated/α-hetero) is 2. The molecule has 5 amide bonds. The largest absolute Gasteiger partial charge is 0.415 e. The van der Waals surface area contributed by atoms with E-state index in [1.807, 2.05) is 6.07 Å². The smallest absolute Gasteiger partial charge is 0.410 e. The molecule has 14 nitrogen and oxygen atoms in total.